The van der Waals surface area contributed by atoms with Crippen molar-refractivity contribution in [3.8, 4) is 45.5 Å². The molecule has 0 unspecified atom stereocenters. The zero-order valence-corrected chi connectivity index (χ0v) is 23.8. The molecule has 9 nitrogen and oxygen atoms in total. The van der Waals surface area contributed by atoms with Gasteiger partial charge in [0, 0.05) is 22.7 Å². The lowest BCUT2D eigenvalue weighted by atomic mass is 10.0. The number of methoxy groups -OCH3 is 2. The monoisotopic (exact) mass is 579 g/mol. The number of aromatic hydroxyl groups is 2. The van der Waals surface area contributed by atoms with Crippen LogP contribution in [0.2, 0.25) is 5.02 Å². The summed E-state index contributed by atoms with van der Waals surface area (Å²) in [5, 5.41) is 21.2. The van der Waals surface area contributed by atoms with Crippen LogP contribution in [-0.2, 0) is 16.0 Å². The van der Waals surface area contributed by atoms with Crippen LogP contribution in [0.25, 0.3) is 22.5 Å². The van der Waals surface area contributed by atoms with Gasteiger partial charge < -0.3 is 33.7 Å². The molecular weight excluding hydrogens is 550 g/mol. The summed E-state index contributed by atoms with van der Waals surface area (Å²) in [4.78, 5) is 27.3. The fourth-order valence-corrected chi connectivity index (χ4v) is 4.73. The van der Waals surface area contributed by atoms with Crippen LogP contribution in [0.15, 0.2) is 60.7 Å². The van der Waals surface area contributed by atoms with Crippen LogP contribution in [-0.4, -0.2) is 54.2 Å². The number of hydrogen-bond donors (Lipinski definition) is 2. The number of halogens is 1. The molecule has 4 rings (SSSR count). The maximum absolute atomic E-state index is 13.7. The van der Waals surface area contributed by atoms with Crippen LogP contribution < -0.4 is 9.47 Å². The van der Waals surface area contributed by atoms with Gasteiger partial charge in [0.05, 0.1) is 38.8 Å². The Hall–Kier alpha value is -4.63. The van der Waals surface area contributed by atoms with Gasteiger partial charge in [-0.1, -0.05) is 23.7 Å². The molecule has 0 bridgehead atoms. The van der Waals surface area contributed by atoms with Crippen molar-refractivity contribution in [1.29, 1.82) is 0 Å². The molecule has 3 aromatic carbocycles. The topological polar surface area (TPSA) is 116 Å². The van der Waals surface area contributed by atoms with Crippen molar-refractivity contribution >= 4 is 23.5 Å². The first-order valence-corrected chi connectivity index (χ1v) is 13.2. The van der Waals surface area contributed by atoms with E-state index in [0.29, 0.717) is 27.5 Å². The minimum Gasteiger partial charge on any atom is -0.504 e. The summed E-state index contributed by atoms with van der Waals surface area (Å²) in [5.74, 6) is -1.33. The molecule has 214 valence electrons. The highest BCUT2D eigenvalue weighted by molar-refractivity contribution is 6.30. The molecule has 41 heavy (non-hydrogen) atoms. The Bertz CT molecular complexity index is 1480. The predicted octanol–water partition coefficient (Wildman–Crippen LogP) is 6.31. The first kappa shape index (κ1) is 29.4. The fraction of sp³-hybridized carbons (Fsp3) is 0.226. The quantitative estimate of drug-likeness (QED) is 0.210. The molecule has 0 aliphatic carbocycles. The van der Waals surface area contributed by atoms with Gasteiger partial charge in [0.2, 0.25) is 0 Å². The summed E-state index contributed by atoms with van der Waals surface area (Å²) < 4.78 is 23.4. The molecule has 2 N–H and O–H groups in total. The third-order valence-electron chi connectivity index (χ3n) is 6.38. The van der Waals surface area contributed by atoms with Crippen LogP contribution in [0.4, 0.5) is 0 Å². The summed E-state index contributed by atoms with van der Waals surface area (Å²) in [6.45, 7) is 3.65. The van der Waals surface area contributed by atoms with E-state index in [1.165, 1.54) is 26.4 Å². The molecule has 0 spiro atoms. The third-order valence-corrected chi connectivity index (χ3v) is 6.63. The highest BCUT2D eigenvalue weighted by Gasteiger charge is 2.35. The Morgan fingerprint density at radius 1 is 0.732 bits per heavy atom. The number of ether oxygens (including phenoxy) is 4. The smallest absolute Gasteiger partial charge is 0.341 e. The van der Waals surface area contributed by atoms with Crippen molar-refractivity contribution in [2.75, 3.05) is 27.4 Å². The highest BCUT2D eigenvalue weighted by Crippen LogP contribution is 2.43. The van der Waals surface area contributed by atoms with Crippen molar-refractivity contribution in [3.05, 3.63) is 82.4 Å². The lowest BCUT2D eigenvalue weighted by molar-refractivity contribution is 0.0481. The number of aromatic nitrogens is 1. The number of phenols is 2. The fourth-order valence-electron chi connectivity index (χ4n) is 4.60. The summed E-state index contributed by atoms with van der Waals surface area (Å²) in [6, 6.07) is 16.4. The molecule has 10 heteroatoms. The van der Waals surface area contributed by atoms with Crippen LogP contribution in [0, 0.1) is 0 Å². The van der Waals surface area contributed by atoms with Gasteiger partial charge in [0.1, 0.15) is 11.1 Å². The predicted molar refractivity (Wildman–Crippen MR) is 154 cm³/mol. The largest absolute Gasteiger partial charge is 0.504 e. The third kappa shape index (κ3) is 5.95. The molecule has 0 fully saturated rings. The van der Waals surface area contributed by atoms with Crippen LogP contribution in [0.1, 0.15) is 40.1 Å². The Balaban J connectivity index is 2.19. The van der Waals surface area contributed by atoms with Crippen molar-refractivity contribution in [1.82, 2.24) is 4.57 Å². The second-order valence-corrected chi connectivity index (χ2v) is 9.31. The van der Waals surface area contributed by atoms with E-state index in [2.05, 4.69) is 0 Å². The Morgan fingerprint density at radius 2 is 1.17 bits per heavy atom. The van der Waals surface area contributed by atoms with Gasteiger partial charge in [-0.05, 0) is 67.9 Å². The van der Waals surface area contributed by atoms with E-state index in [4.69, 9.17) is 30.5 Å². The molecule has 0 amide bonds. The SMILES string of the molecule is CCOC(=O)c1c(C(=O)OCC)c(-c2ccc(O)c(OC)c2)n(Cc2ccc(Cl)cc2)c1-c1ccc(O)c(OC)c1. The standard InChI is InChI=1S/C31H30ClNO8/c1-5-40-30(36)26-27(31(37)41-6-2)29(20-10-14-23(35)25(16-20)39-4)33(17-18-7-11-21(32)12-8-18)28(26)19-9-13-22(34)24(15-19)38-3/h7-16,34-35H,5-6,17H2,1-4H3. The second kappa shape index (κ2) is 12.7. The minimum absolute atomic E-state index is 0.0194. The van der Waals surface area contributed by atoms with Gasteiger partial charge in [-0.2, -0.15) is 0 Å². The molecule has 0 saturated carbocycles. The van der Waals surface area contributed by atoms with E-state index >= 15 is 0 Å². The van der Waals surface area contributed by atoms with Gasteiger partial charge in [0.25, 0.3) is 0 Å². The normalized spacial score (nSPS) is 10.8. The summed E-state index contributed by atoms with van der Waals surface area (Å²) in [5.41, 5.74) is 2.39. The Morgan fingerprint density at radius 3 is 1.56 bits per heavy atom. The number of phenolic OH excluding ortho intramolecular Hbond substituents is 2. The lowest BCUT2D eigenvalue weighted by Gasteiger charge is -2.17. The molecule has 4 aromatic rings. The van der Waals surface area contributed by atoms with Crippen molar-refractivity contribution in [2.45, 2.75) is 20.4 Å². The average Bonchev–Trinajstić information content (AvgIpc) is 3.30. The van der Waals surface area contributed by atoms with E-state index in [1.807, 2.05) is 12.1 Å². The molecule has 1 aromatic heterocycles. The van der Waals surface area contributed by atoms with E-state index in [1.54, 1.807) is 54.8 Å². The van der Waals surface area contributed by atoms with Gasteiger partial charge >= 0.3 is 11.9 Å². The molecule has 0 atom stereocenters. The number of rotatable bonds is 10. The molecule has 0 aliphatic heterocycles. The minimum atomic E-state index is -0.737. The first-order valence-electron chi connectivity index (χ1n) is 12.8. The molecule has 0 aliphatic rings. The van der Waals surface area contributed by atoms with Crippen molar-refractivity contribution < 1.29 is 38.7 Å². The van der Waals surface area contributed by atoms with Gasteiger partial charge in [-0.3, -0.25) is 0 Å². The maximum atomic E-state index is 13.7. The first-order chi connectivity index (χ1) is 19.7. The van der Waals surface area contributed by atoms with Crippen molar-refractivity contribution in [3.63, 3.8) is 0 Å². The number of esters is 2. The van der Waals surface area contributed by atoms with Gasteiger partial charge in [0.15, 0.2) is 23.0 Å². The van der Waals surface area contributed by atoms with Crippen LogP contribution in [0.5, 0.6) is 23.0 Å². The summed E-state index contributed by atoms with van der Waals surface area (Å²) in [7, 11) is 2.83. The average molecular weight is 580 g/mol. The van der Waals surface area contributed by atoms with E-state index in [0.717, 1.165) is 5.56 Å². The zero-order chi connectivity index (χ0) is 29.7. The van der Waals surface area contributed by atoms with E-state index in [-0.39, 0.29) is 53.9 Å². The molecular formula is C31H30ClNO8. The molecule has 0 radical (unpaired) electrons. The maximum Gasteiger partial charge on any atom is 0.341 e. The summed E-state index contributed by atoms with van der Waals surface area (Å²) >= 11 is 6.14. The van der Waals surface area contributed by atoms with Crippen LogP contribution in [0.3, 0.4) is 0 Å². The van der Waals surface area contributed by atoms with Gasteiger partial charge in [-0.25, -0.2) is 9.59 Å². The number of carbonyl (C=O) groups is 2. The second-order valence-electron chi connectivity index (χ2n) is 8.87. The van der Waals surface area contributed by atoms with E-state index in [9.17, 15) is 19.8 Å². The Labute approximate surface area is 242 Å². The zero-order valence-electron chi connectivity index (χ0n) is 23.1. The molecule has 0 saturated heterocycles. The molecule has 1 heterocycles. The lowest BCUT2D eigenvalue weighted by Crippen LogP contribution is -2.13. The number of benzene rings is 3. The highest BCUT2D eigenvalue weighted by atomic mass is 35.5. The Kier molecular flexibility index (Phi) is 9.09. The van der Waals surface area contributed by atoms with Gasteiger partial charge in [-0.15, -0.1) is 0 Å². The number of hydrogen-bond acceptors (Lipinski definition) is 8. The van der Waals surface area contributed by atoms with E-state index < -0.39 is 11.9 Å². The number of carbonyl (C=O) groups excluding carboxylic acids is 2. The summed E-state index contributed by atoms with van der Waals surface area (Å²) in [6.07, 6.45) is 0. The van der Waals surface area contributed by atoms with Crippen LogP contribution >= 0.6 is 11.6 Å². The van der Waals surface area contributed by atoms with Crippen molar-refractivity contribution in [2.24, 2.45) is 0 Å². The number of nitrogens with zero attached hydrogens (tertiary/aromatic N) is 1.